The molecule has 88 valence electrons. The molecule has 1 aromatic carbocycles. The molecule has 3 nitrogen and oxygen atoms in total. The Hall–Kier alpha value is -1.65. The van der Waals surface area contributed by atoms with Crippen LogP contribution in [0.4, 0.5) is 8.78 Å². The van der Waals surface area contributed by atoms with Crippen LogP contribution in [0.2, 0.25) is 0 Å². The van der Waals surface area contributed by atoms with Crippen LogP contribution in [0.25, 0.3) is 0 Å². The first-order valence-corrected chi connectivity index (χ1v) is 4.75. The summed E-state index contributed by atoms with van der Waals surface area (Å²) in [5.41, 5.74) is 1.78. The van der Waals surface area contributed by atoms with E-state index in [0.29, 0.717) is 17.0 Å². The number of hydrogen-bond acceptors (Lipinski definition) is 3. The van der Waals surface area contributed by atoms with Gasteiger partial charge in [-0.1, -0.05) is 16.8 Å². The van der Waals surface area contributed by atoms with Gasteiger partial charge < -0.3 is 9.94 Å². The molecule has 1 aromatic rings. The van der Waals surface area contributed by atoms with E-state index in [2.05, 4.69) is 5.16 Å². The van der Waals surface area contributed by atoms with Gasteiger partial charge in [0.1, 0.15) is 12.4 Å². The third kappa shape index (κ3) is 3.18. The van der Waals surface area contributed by atoms with Gasteiger partial charge in [0.2, 0.25) is 0 Å². The maximum absolute atomic E-state index is 12.0. The van der Waals surface area contributed by atoms with Crippen LogP contribution in [-0.4, -0.2) is 24.0 Å². The Bertz CT molecular complexity index is 392. The average molecular weight is 229 g/mol. The van der Waals surface area contributed by atoms with E-state index < -0.39 is 13.0 Å². The largest absolute Gasteiger partial charge is 0.487 e. The van der Waals surface area contributed by atoms with Crippen molar-refractivity contribution in [1.29, 1.82) is 0 Å². The highest BCUT2D eigenvalue weighted by Gasteiger charge is 2.10. The van der Waals surface area contributed by atoms with E-state index in [1.807, 2.05) is 6.92 Å². The summed E-state index contributed by atoms with van der Waals surface area (Å²) in [7, 11) is 0. The molecule has 0 aliphatic carbocycles. The molecule has 0 aromatic heterocycles. The third-order valence-corrected chi connectivity index (χ3v) is 2.04. The highest BCUT2D eigenvalue weighted by atomic mass is 19.3. The maximum Gasteiger partial charge on any atom is 0.272 e. The van der Waals surface area contributed by atoms with Gasteiger partial charge in [-0.15, -0.1) is 0 Å². The van der Waals surface area contributed by atoms with Crippen LogP contribution >= 0.6 is 0 Å². The van der Waals surface area contributed by atoms with Gasteiger partial charge in [0, 0.05) is 5.56 Å². The summed E-state index contributed by atoms with van der Waals surface area (Å²) in [5.74, 6) is 0.293. The summed E-state index contributed by atoms with van der Waals surface area (Å²) < 4.78 is 29.0. The van der Waals surface area contributed by atoms with Crippen LogP contribution in [0.3, 0.4) is 0 Å². The number of oxime groups is 1. The van der Waals surface area contributed by atoms with E-state index in [1.54, 1.807) is 25.1 Å². The number of ether oxygens (including phenoxy) is 1. The lowest BCUT2D eigenvalue weighted by Crippen LogP contribution is -2.10. The quantitative estimate of drug-likeness (QED) is 0.490. The standard InChI is InChI=1S/C11H13F2NO2/c1-7-3-4-10(16-6-11(12)13)9(5-7)8(2)14-15/h3-5,11,15H,6H2,1-2H3/b14-8+. The molecule has 0 spiro atoms. The smallest absolute Gasteiger partial charge is 0.272 e. The van der Waals surface area contributed by atoms with Crippen LogP contribution in [-0.2, 0) is 0 Å². The minimum Gasteiger partial charge on any atom is -0.487 e. The zero-order valence-electron chi connectivity index (χ0n) is 9.08. The first kappa shape index (κ1) is 12.4. The van der Waals surface area contributed by atoms with E-state index in [9.17, 15) is 8.78 Å². The second-order valence-corrected chi connectivity index (χ2v) is 3.39. The number of halogens is 2. The number of nitrogens with zero attached hydrogens (tertiary/aromatic N) is 1. The Morgan fingerprint density at radius 1 is 1.50 bits per heavy atom. The molecule has 0 heterocycles. The number of hydrogen-bond donors (Lipinski definition) is 1. The second-order valence-electron chi connectivity index (χ2n) is 3.39. The molecule has 0 radical (unpaired) electrons. The van der Waals surface area contributed by atoms with E-state index in [-0.39, 0.29) is 0 Å². The molecule has 0 atom stereocenters. The Morgan fingerprint density at radius 3 is 2.75 bits per heavy atom. The van der Waals surface area contributed by atoms with E-state index in [4.69, 9.17) is 9.94 Å². The number of benzene rings is 1. The van der Waals surface area contributed by atoms with Gasteiger partial charge in [0.15, 0.2) is 0 Å². The monoisotopic (exact) mass is 229 g/mol. The molecule has 0 bridgehead atoms. The Labute approximate surface area is 92.3 Å². The van der Waals surface area contributed by atoms with Gasteiger partial charge in [-0.25, -0.2) is 8.78 Å². The lowest BCUT2D eigenvalue weighted by molar-refractivity contribution is 0.0818. The highest BCUT2D eigenvalue weighted by Crippen LogP contribution is 2.21. The van der Waals surface area contributed by atoms with Crippen molar-refractivity contribution < 1.29 is 18.7 Å². The minimum atomic E-state index is -2.53. The van der Waals surface area contributed by atoms with Crippen molar-refractivity contribution in [3.8, 4) is 5.75 Å². The van der Waals surface area contributed by atoms with Gasteiger partial charge in [0.25, 0.3) is 6.43 Å². The summed E-state index contributed by atoms with van der Waals surface area (Å²) in [5, 5.41) is 11.7. The molecule has 1 N–H and O–H groups in total. The zero-order chi connectivity index (χ0) is 12.1. The third-order valence-electron chi connectivity index (χ3n) is 2.04. The van der Waals surface area contributed by atoms with Crippen LogP contribution in [0.15, 0.2) is 23.4 Å². The molecule has 5 heteroatoms. The fraction of sp³-hybridized carbons (Fsp3) is 0.364. The summed E-state index contributed by atoms with van der Waals surface area (Å²) in [6.07, 6.45) is -2.53. The molecular formula is C11H13F2NO2. The van der Waals surface area contributed by atoms with Crippen molar-refractivity contribution in [3.63, 3.8) is 0 Å². The van der Waals surface area contributed by atoms with Crippen molar-refractivity contribution in [3.05, 3.63) is 29.3 Å². The van der Waals surface area contributed by atoms with E-state index >= 15 is 0 Å². The van der Waals surface area contributed by atoms with E-state index in [1.165, 1.54) is 0 Å². The second kappa shape index (κ2) is 5.44. The summed E-state index contributed by atoms with van der Waals surface area (Å²) in [6.45, 7) is 2.75. The Balaban J connectivity index is 2.98. The topological polar surface area (TPSA) is 41.8 Å². The van der Waals surface area contributed by atoms with Crippen molar-refractivity contribution in [1.82, 2.24) is 0 Å². The normalized spacial score (nSPS) is 11.9. The van der Waals surface area contributed by atoms with Gasteiger partial charge in [-0.05, 0) is 26.0 Å². The number of alkyl halides is 2. The van der Waals surface area contributed by atoms with Gasteiger partial charge in [-0.3, -0.25) is 0 Å². The first-order valence-electron chi connectivity index (χ1n) is 4.75. The van der Waals surface area contributed by atoms with Gasteiger partial charge >= 0.3 is 0 Å². The maximum atomic E-state index is 12.0. The molecule has 1 rings (SSSR count). The van der Waals surface area contributed by atoms with Crippen molar-refractivity contribution in [2.75, 3.05) is 6.61 Å². The summed E-state index contributed by atoms with van der Waals surface area (Å²) in [6, 6.07) is 5.05. The lowest BCUT2D eigenvalue weighted by Gasteiger charge is -2.11. The fourth-order valence-corrected chi connectivity index (χ4v) is 1.26. The first-order chi connectivity index (χ1) is 7.54. The number of aryl methyl sites for hydroxylation is 1. The number of rotatable bonds is 4. The van der Waals surface area contributed by atoms with Crippen LogP contribution in [0, 0.1) is 6.92 Å². The van der Waals surface area contributed by atoms with Crippen LogP contribution < -0.4 is 4.74 Å². The average Bonchev–Trinajstić information content (AvgIpc) is 2.26. The molecule has 0 aliphatic heterocycles. The van der Waals surface area contributed by atoms with Crippen LogP contribution in [0.5, 0.6) is 5.75 Å². The molecule has 0 aliphatic rings. The predicted molar refractivity (Wildman–Crippen MR) is 56.7 cm³/mol. The molecular weight excluding hydrogens is 216 g/mol. The van der Waals surface area contributed by atoms with E-state index in [0.717, 1.165) is 5.56 Å². The SMILES string of the molecule is C/C(=N\O)c1cc(C)ccc1OCC(F)F. The minimum absolute atomic E-state index is 0.293. The molecule has 0 unspecified atom stereocenters. The Kier molecular flexibility index (Phi) is 4.22. The molecule has 0 amide bonds. The highest BCUT2D eigenvalue weighted by molar-refractivity contribution is 6.00. The van der Waals surface area contributed by atoms with Gasteiger partial charge in [-0.2, -0.15) is 0 Å². The van der Waals surface area contributed by atoms with Gasteiger partial charge in [0.05, 0.1) is 5.71 Å². The predicted octanol–water partition coefficient (Wildman–Crippen LogP) is 2.84. The van der Waals surface area contributed by atoms with Crippen molar-refractivity contribution >= 4 is 5.71 Å². The molecule has 0 saturated heterocycles. The van der Waals surface area contributed by atoms with Crippen molar-refractivity contribution in [2.24, 2.45) is 5.16 Å². The lowest BCUT2D eigenvalue weighted by atomic mass is 10.1. The van der Waals surface area contributed by atoms with Crippen LogP contribution in [0.1, 0.15) is 18.1 Å². The zero-order valence-corrected chi connectivity index (χ0v) is 9.08. The molecule has 16 heavy (non-hydrogen) atoms. The fourth-order valence-electron chi connectivity index (χ4n) is 1.26. The molecule has 0 saturated carbocycles. The van der Waals surface area contributed by atoms with Crippen molar-refractivity contribution in [2.45, 2.75) is 20.3 Å². The Morgan fingerprint density at radius 2 is 2.19 bits per heavy atom. The summed E-state index contributed by atoms with van der Waals surface area (Å²) >= 11 is 0. The summed E-state index contributed by atoms with van der Waals surface area (Å²) in [4.78, 5) is 0. The molecule has 0 fully saturated rings.